The Labute approximate surface area is 133 Å². The molecular weight excluding hydrogens is 284 g/mol. The van der Waals surface area contributed by atoms with E-state index in [9.17, 15) is 14.4 Å². The summed E-state index contributed by atoms with van der Waals surface area (Å²) in [6.45, 7) is 9.00. The number of rotatable bonds is 12. The normalized spacial score (nSPS) is 10.8. The minimum absolute atomic E-state index is 0.0297. The third kappa shape index (κ3) is 13.5. The van der Waals surface area contributed by atoms with Crippen LogP contribution in [0.3, 0.4) is 0 Å². The first kappa shape index (κ1) is 20.6. The molecule has 2 N–H and O–H groups in total. The van der Waals surface area contributed by atoms with Crippen molar-refractivity contribution in [3.8, 4) is 0 Å². The molecule has 0 aromatic carbocycles. The zero-order chi connectivity index (χ0) is 17.0. The monoisotopic (exact) mass is 314 g/mol. The first-order chi connectivity index (χ1) is 10.3. The van der Waals surface area contributed by atoms with Gasteiger partial charge in [-0.3, -0.25) is 14.4 Å². The van der Waals surface area contributed by atoms with E-state index in [4.69, 9.17) is 4.74 Å². The van der Waals surface area contributed by atoms with Gasteiger partial charge >= 0.3 is 0 Å². The maximum atomic E-state index is 11.5. The number of nitrogens with one attached hydrogen (secondary N) is 2. The summed E-state index contributed by atoms with van der Waals surface area (Å²) in [4.78, 5) is 34.2. The molecule has 0 heterocycles. The third-order valence-corrected chi connectivity index (χ3v) is 2.72. The van der Waals surface area contributed by atoms with E-state index >= 15 is 0 Å². The lowest BCUT2D eigenvalue weighted by Gasteiger charge is -2.09. The molecule has 6 heteroatoms. The number of hydrogen-bond acceptors (Lipinski definition) is 4. The summed E-state index contributed by atoms with van der Waals surface area (Å²) < 4.78 is 5.34. The van der Waals surface area contributed by atoms with Crippen LogP contribution in [0.25, 0.3) is 0 Å². The van der Waals surface area contributed by atoms with Crippen LogP contribution < -0.4 is 10.6 Å². The number of Topliss-reactive ketones (excluding diaryl/α,β-unsaturated/α-hetero) is 1. The van der Waals surface area contributed by atoms with Crippen molar-refractivity contribution >= 4 is 17.6 Å². The van der Waals surface area contributed by atoms with Gasteiger partial charge in [-0.25, -0.2) is 0 Å². The minimum atomic E-state index is -0.311. The molecule has 0 bridgehead atoms. The van der Waals surface area contributed by atoms with E-state index in [-0.39, 0.29) is 30.1 Å². The molecule has 0 radical (unpaired) electrons. The average molecular weight is 314 g/mol. The molecule has 0 rings (SSSR count). The summed E-state index contributed by atoms with van der Waals surface area (Å²) in [6.07, 6.45) is 1.70. The quantitative estimate of drug-likeness (QED) is 0.421. The van der Waals surface area contributed by atoms with Gasteiger partial charge in [0.1, 0.15) is 12.2 Å². The van der Waals surface area contributed by atoms with Crippen LogP contribution in [0.4, 0.5) is 0 Å². The summed E-state index contributed by atoms with van der Waals surface area (Å²) in [6, 6.07) is 0.0297. The van der Waals surface area contributed by atoms with Crippen LogP contribution in [0, 0.1) is 5.92 Å². The highest BCUT2D eigenvalue weighted by Gasteiger charge is 2.09. The Morgan fingerprint density at radius 1 is 1.00 bits per heavy atom. The van der Waals surface area contributed by atoms with Gasteiger partial charge in [0.2, 0.25) is 11.8 Å². The molecule has 0 aromatic rings. The number of ketones is 1. The molecule has 6 nitrogen and oxygen atoms in total. The SMILES string of the molecule is CC(C)CC(=O)CCCOCCNC(=O)CC(=O)NC(C)C. The number of amides is 2. The molecule has 2 amide bonds. The van der Waals surface area contributed by atoms with E-state index in [2.05, 4.69) is 10.6 Å². The predicted molar refractivity (Wildman–Crippen MR) is 85.4 cm³/mol. The van der Waals surface area contributed by atoms with E-state index in [1.807, 2.05) is 27.7 Å². The maximum Gasteiger partial charge on any atom is 0.229 e. The second-order valence-corrected chi connectivity index (χ2v) is 6.10. The summed E-state index contributed by atoms with van der Waals surface area (Å²) in [5.74, 6) is 0.0746. The zero-order valence-corrected chi connectivity index (χ0v) is 14.2. The van der Waals surface area contributed by atoms with Crippen LogP contribution in [0.5, 0.6) is 0 Å². The van der Waals surface area contributed by atoms with Crippen LogP contribution in [0.2, 0.25) is 0 Å². The van der Waals surface area contributed by atoms with Crippen molar-refractivity contribution in [2.24, 2.45) is 5.92 Å². The molecule has 0 atom stereocenters. The van der Waals surface area contributed by atoms with Crippen LogP contribution >= 0.6 is 0 Å². The number of hydrogen-bond donors (Lipinski definition) is 2. The van der Waals surface area contributed by atoms with Crippen molar-refractivity contribution < 1.29 is 19.1 Å². The van der Waals surface area contributed by atoms with Crippen LogP contribution in [-0.4, -0.2) is 43.4 Å². The van der Waals surface area contributed by atoms with Crippen LogP contribution in [-0.2, 0) is 19.1 Å². The van der Waals surface area contributed by atoms with E-state index in [1.54, 1.807) is 0 Å². The lowest BCUT2D eigenvalue weighted by atomic mass is 10.0. The molecular formula is C16H30N2O4. The minimum Gasteiger partial charge on any atom is -0.380 e. The Hall–Kier alpha value is -1.43. The molecule has 22 heavy (non-hydrogen) atoms. The van der Waals surface area contributed by atoms with Crippen molar-refractivity contribution in [1.82, 2.24) is 10.6 Å². The Morgan fingerprint density at radius 3 is 2.27 bits per heavy atom. The highest BCUT2D eigenvalue weighted by molar-refractivity contribution is 5.96. The van der Waals surface area contributed by atoms with Gasteiger partial charge in [-0.2, -0.15) is 0 Å². The first-order valence-corrected chi connectivity index (χ1v) is 7.96. The van der Waals surface area contributed by atoms with Gasteiger partial charge in [-0.1, -0.05) is 13.8 Å². The van der Waals surface area contributed by atoms with Crippen molar-refractivity contribution in [3.05, 3.63) is 0 Å². The van der Waals surface area contributed by atoms with Crippen molar-refractivity contribution in [2.75, 3.05) is 19.8 Å². The average Bonchev–Trinajstić information content (AvgIpc) is 2.35. The summed E-state index contributed by atoms with van der Waals surface area (Å²) >= 11 is 0. The Morgan fingerprint density at radius 2 is 1.68 bits per heavy atom. The molecule has 0 unspecified atom stereocenters. The topological polar surface area (TPSA) is 84.5 Å². The molecule has 0 aromatic heterocycles. The number of ether oxygens (including phenoxy) is 1. The standard InChI is InChI=1S/C16H30N2O4/c1-12(2)10-14(19)6-5-8-22-9-7-17-15(20)11-16(21)18-13(3)4/h12-13H,5-11H2,1-4H3,(H,17,20)(H,18,21). The zero-order valence-electron chi connectivity index (χ0n) is 14.2. The van der Waals surface area contributed by atoms with Gasteiger partial charge in [-0.05, 0) is 26.2 Å². The Bertz CT molecular complexity index is 354. The van der Waals surface area contributed by atoms with E-state index < -0.39 is 0 Å². The van der Waals surface area contributed by atoms with Gasteiger partial charge in [-0.15, -0.1) is 0 Å². The van der Waals surface area contributed by atoms with Gasteiger partial charge in [0.25, 0.3) is 0 Å². The third-order valence-electron chi connectivity index (χ3n) is 2.72. The first-order valence-electron chi connectivity index (χ1n) is 7.96. The molecule has 0 aliphatic rings. The van der Waals surface area contributed by atoms with Crippen LogP contribution in [0.1, 0.15) is 53.4 Å². The fraction of sp³-hybridized carbons (Fsp3) is 0.812. The van der Waals surface area contributed by atoms with Crippen molar-refractivity contribution in [2.45, 2.75) is 59.4 Å². The molecule has 0 fully saturated rings. The highest BCUT2D eigenvalue weighted by atomic mass is 16.5. The van der Waals surface area contributed by atoms with E-state index in [0.717, 1.165) is 0 Å². The lowest BCUT2D eigenvalue weighted by molar-refractivity contribution is -0.129. The summed E-state index contributed by atoms with van der Waals surface area (Å²) in [7, 11) is 0. The second kappa shape index (κ2) is 12.1. The van der Waals surface area contributed by atoms with Crippen LogP contribution in [0.15, 0.2) is 0 Å². The fourth-order valence-electron chi connectivity index (χ4n) is 1.87. The molecule has 0 aliphatic carbocycles. The summed E-state index contributed by atoms with van der Waals surface area (Å²) in [5.41, 5.74) is 0. The molecule has 0 spiro atoms. The molecule has 0 aliphatic heterocycles. The summed E-state index contributed by atoms with van der Waals surface area (Å²) in [5, 5.41) is 5.27. The van der Waals surface area contributed by atoms with Gasteiger partial charge < -0.3 is 15.4 Å². The Balaban J connectivity index is 3.48. The fourth-order valence-corrected chi connectivity index (χ4v) is 1.87. The number of carbonyl (C=O) groups excluding carboxylic acids is 3. The van der Waals surface area contributed by atoms with Crippen molar-refractivity contribution in [1.29, 1.82) is 0 Å². The number of carbonyl (C=O) groups is 3. The van der Waals surface area contributed by atoms with Gasteiger partial charge in [0.05, 0.1) is 6.61 Å². The van der Waals surface area contributed by atoms with Gasteiger partial charge in [0, 0.05) is 32.0 Å². The largest absolute Gasteiger partial charge is 0.380 e. The molecule has 0 saturated heterocycles. The second-order valence-electron chi connectivity index (χ2n) is 6.10. The van der Waals surface area contributed by atoms with Crippen molar-refractivity contribution in [3.63, 3.8) is 0 Å². The molecule has 0 saturated carbocycles. The Kier molecular flexibility index (Phi) is 11.4. The van der Waals surface area contributed by atoms with E-state index in [1.165, 1.54) is 0 Å². The highest BCUT2D eigenvalue weighted by Crippen LogP contribution is 2.04. The lowest BCUT2D eigenvalue weighted by Crippen LogP contribution is -2.36. The molecule has 128 valence electrons. The maximum absolute atomic E-state index is 11.5. The van der Waals surface area contributed by atoms with Gasteiger partial charge in [0.15, 0.2) is 0 Å². The smallest absolute Gasteiger partial charge is 0.229 e. The predicted octanol–water partition coefficient (Wildman–Crippen LogP) is 1.43. The van der Waals surface area contributed by atoms with E-state index in [0.29, 0.717) is 44.9 Å².